The van der Waals surface area contributed by atoms with Crippen LogP contribution in [0, 0.1) is 0 Å². The topological polar surface area (TPSA) is 0 Å². The molecule has 1 aromatic carbocycles. The van der Waals surface area contributed by atoms with Crippen LogP contribution >= 0.6 is 0 Å². The SMILES string of the molecule is CCCCCCCCCCCCCCCC[N+](C)(C)CCCc1ccccc1. The summed E-state index contributed by atoms with van der Waals surface area (Å²) in [5, 5.41) is 0. The van der Waals surface area contributed by atoms with Gasteiger partial charge in [-0.3, -0.25) is 0 Å². The van der Waals surface area contributed by atoms with Crippen LogP contribution in [0.3, 0.4) is 0 Å². The van der Waals surface area contributed by atoms with Gasteiger partial charge in [-0.25, -0.2) is 0 Å². The lowest BCUT2D eigenvalue weighted by molar-refractivity contribution is -0.890. The quantitative estimate of drug-likeness (QED) is 0.165. The average molecular weight is 389 g/mol. The van der Waals surface area contributed by atoms with Gasteiger partial charge < -0.3 is 4.48 Å². The van der Waals surface area contributed by atoms with Crippen LogP contribution in [0.5, 0.6) is 0 Å². The smallest absolute Gasteiger partial charge is 0.0785 e. The summed E-state index contributed by atoms with van der Waals surface area (Å²) in [5.74, 6) is 0. The summed E-state index contributed by atoms with van der Waals surface area (Å²) in [7, 11) is 4.82. The molecule has 0 saturated heterocycles. The summed E-state index contributed by atoms with van der Waals surface area (Å²) in [5.41, 5.74) is 1.49. The molecule has 0 radical (unpaired) electrons. The fourth-order valence-electron chi connectivity index (χ4n) is 4.20. The summed E-state index contributed by atoms with van der Waals surface area (Å²) in [6, 6.07) is 10.9. The van der Waals surface area contributed by atoms with Gasteiger partial charge >= 0.3 is 0 Å². The summed E-state index contributed by atoms with van der Waals surface area (Å²) in [6.45, 7) is 4.94. The van der Waals surface area contributed by atoms with E-state index in [0.717, 1.165) is 0 Å². The van der Waals surface area contributed by atoms with Crippen LogP contribution < -0.4 is 0 Å². The molecule has 0 spiro atoms. The van der Waals surface area contributed by atoms with Crippen molar-refractivity contribution in [2.45, 2.75) is 110 Å². The maximum Gasteiger partial charge on any atom is 0.0785 e. The molecule has 1 heteroatoms. The lowest BCUT2D eigenvalue weighted by Gasteiger charge is -2.30. The lowest BCUT2D eigenvalue weighted by atomic mass is 10.0. The Labute approximate surface area is 177 Å². The minimum atomic E-state index is 1.19. The second-order valence-corrected chi connectivity index (χ2v) is 9.57. The molecular formula is C27H50N+. The van der Waals surface area contributed by atoms with Crippen LogP contribution in [-0.4, -0.2) is 31.7 Å². The second kappa shape index (κ2) is 17.1. The maximum atomic E-state index is 2.41. The summed E-state index contributed by atoms with van der Waals surface area (Å²) in [6.07, 6.45) is 22.8. The molecule has 0 bridgehead atoms. The van der Waals surface area contributed by atoms with Crippen molar-refractivity contribution in [3.05, 3.63) is 35.9 Å². The summed E-state index contributed by atoms with van der Waals surface area (Å²) < 4.78 is 1.19. The number of quaternary nitrogens is 1. The minimum absolute atomic E-state index is 1.19. The molecule has 162 valence electrons. The third-order valence-corrected chi connectivity index (χ3v) is 6.19. The average Bonchev–Trinajstić information content (AvgIpc) is 2.69. The Hall–Kier alpha value is -0.820. The first-order valence-electron chi connectivity index (χ1n) is 12.5. The Balaban J connectivity index is 1.85. The summed E-state index contributed by atoms with van der Waals surface area (Å²) >= 11 is 0. The minimum Gasteiger partial charge on any atom is -0.328 e. The lowest BCUT2D eigenvalue weighted by Crippen LogP contribution is -2.41. The van der Waals surface area contributed by atoms with Gasteiger partial charge in [0.2, 0.25) is 0 Å². The van der Waals surface area contributed by atoms with Crippen LogP contribution in [-0.2, 0) is 6.42 Å². The van der Waals surface area contributed by atoms with E-state index in [9.17, 15) is 0 Å². The van der Waals surface area contributed by atoms with E-state index in [4.69, 9.17) is 0 Å². The molecule has 0 unspecified atom stereocenters. The molecule has 0 atom stereocenters. The fourth-order valence-corrected chi connectivity index (χ4v) is 4.20. The van der Waals surface area contributed by atoms with Crippen molar-refractivity contribution in [1.29, 1.82) is 0 Å². The van der Waals surface area contributed by atoms with Crippen molar-refractivity contribution in [3.8, 4) is 0 Å². The van der Waals surface area contributed by atoms with Crippen molar-refractivity contribution in [1.82, 2.24) is 0 Å². The molecule has 1 rings (SSSR count). The molecule has 0 aliphatic rings. The number of benzene rings is 1. The van der Waals surface area contributed by atoms with Crippen molar-refractivity contribution in [3.63, 3.8) is 0 Å². The molecule has 1 nitrogen and oxygen atoms in total. The van der Waals surface area contributed by atoms with Crippen molar-refractivity contribution in [2.75, 3.05) is 27.2 Å². The Bertz CT molecular complexity index is 437. The van der Waals surface area contributed by atoms with Gasteiger partial charge in [-0.1, -0.05) is 114 Å². The van der Waals surface area contributed by atoms with E-state index in [-0.39, 0.29) is 0 Å². The third kappa shape index (κ3) is 15.1. The van der Waals surface area contributed by atoms with E-state index in [0.29, 0.717) is 0 Å². The Morgan fingerprint density at radius 3 is 1.46 bits per heavy atom. The van der Waals surface area contributed by atoms with E-state index >= 15 is 0 Å². The molecule has 0 heterocycles. The number of hydrogen-bond donors (Lipinski definition) is 0. The van der Waals surface area contributed by atoms with Crippen LogP contribution in [0.2, 0.25) is 0 Å². The maximum absolute atomic E-state index is 2.41. The number of hydrogen-bond acceptors (Lipinski definition) is 0. The highest BCUT2D eigenvalue weighted by Gasteiger charge is 2.13. The molecule has 0 aliphatic heterocycles. The van der Waals surface area contributed by atoms with Gasteiger partial charge in [-0.05, 0) is 24.8 Å². The van der Waals surface area contributed by atoms with Crippen molar-refractivity contribution in [2.24, 2.45) is 0 Å². The highest BCUT2D eigenvalue weighted by molar-refractivity contribution is 5.14. The van der Waals surface area contributed by atoms with Crippen LogP contribution in [0.15, 0.2) is 30.3 Å². The van der Waals surface area contributed by atoms with Gasteiger partial charge in [0, 0.05) is 6.42 Å². The zero-order valence-electron chi connectivity index (χ0n) is 19.6. The Morgan fingerprint density at radius 1 is 0.536 bits per heavy atom. The number of nitrogens with zero attached hydrogens (tertiary/aromatic N) is 1. The monoisotopic (exact) mass is 388 g/mol. The molecule has 0 N–H and O–H groups in total. The van der Waals surface area contributed by atoms with Gasteiger partial charge in [0.25, 0.3) is 0 Å². The van der Waals surface area contributed by atoms with Gasteiger partial charge in [0.1, 0.15) is 0 Å². The second-order valence-electron chi connectivity index (χ2n) is 9.57. The number of unbranched alkanes of at least 4 members (excludes halogenated alkanes) is 13. The molecule has 0 aliphatic carbocycles. The molecule has 0 amide bonds. The highest BCUT2D eigenvalue weighted by atomic mass is 15.3. The molecule has 0 fully saturated rings. The first-order chi connectivity index (χ1) is 13.6. The Morgan fingerprint density at radius 2 is 0.964 bits per heavy atom. The fraction of sp³-hybridized carbons (Fsp3) is 0.778. The van der Waals surface area contributed by atoms with Crippen LogP contribution in [0.1, 0.15) is 109 Å². The highest BCUT2D eigenvalue weighted by Crippen LogP contribution is 2.14. The van der Waals surface area contributed by atoms with E-state index in [2.05, 4.69) is 51.4 Å². The van der Waals surface area contributed by atoms with Crippen molar-refractivity contribution >= 4 is 0 Å². The predicted octanol–water partition coefficient (Wildman–Crippen LogP) is 8.18. The predicted molar refractivity (Wildman–Crippen MR) is 127 cm³/mol. The van der Waals surface area contributed by atoms with Crippen LogP contribution in [0.25, 0.3) is 0 Å². The van der Waals surface area contributed by atoms with Crippen LogP contribution in [0.4, 0.5) is 0 Å². The molecule has 28 heavy (non-hydrogen) atoms. The van der Waals surface area contributed by atoms with E-state index < -0.39 is 0 Å². The molecule has 0 aromatic heterocycles. The summed E-state index contributed by atoms with van der Waals surface area (Å²) in [4.78, 5) is 0. The zero-order valence-corrected chi connectivity index (χ0v) is 19.6. The van der Waals surface area contributed by atoms with E-state index in [1.54, 1.807) is 0 Å². The molecular weight excluding hydrogens is 338 g/mol. The first-order valence-corrected chi connectivity index (χ1v) is 12.5. The molecule has 1 aromatic rings. The number of aryl methyl sites for hydroxylation is 1. The normalized spacial score (nSPS) is 11.8. The van der Waals surface area contributed by atoms with Gasteiger partial charge in [0.15, 0.2) is 0 Å². The van der Waals surface area contributed by atoms with Crippen molar-refractivity contribution < 1.29 is 4.48 Å². The Kier molecular flexibility index (Phi) is 15.4. The molecule has 0 saturated carbocycles. The van der Waals surface area contributed by atoms with E-state index in [1.807, 2.05) is 0 Å². The largest absolute Gasteiger partial charge is 0.328 e. The zero-order chi connectivity index (χ0) is 20.3. The van der Waals surface area contributed by atoms with Gasteiger partial charge in [-0.2, -0.15) is 0 Å². The van der Waals surface area contributed by atoms with Gasteiger partial charge in [-0.15, -0.1) is 0 Å². The first kappa shape index (κ1) is 25.2. The number of rotatable bonds is 19. The van der Waals surface area contributed by atoms with Gasteiger partial charge in [0.05, 0.1) is 27.2 Å². The standard InChI is InChI=1S/C27H50N/c1-4-5-6-7-8-9-10-11-12-13-14-15-16-20-25-28(2,3)26-21-24-27-22-18-17-19-23-27/h17-19,22-23H,4-16,20-21,24-26H2,1-3H3/q+1. The third-order valence-electron chi connectivity index (χ3n) is 6.19. The van der Waals surface area contributed by atoms with E-state index in [1.165, 1.54) is 126 Å².